The summed E-state index contributed by atoms with van der Waals surface area (Å²) in [6.45, 7) is 2.62. The molecule has 0 radical (unpaired) electrons. The Bertz CT molecular complexity index is 1150. The predicted octanol–water partition coefficient (Wildman–Crippen LogP) is 3.56. The second-order valence-corrected chi connectivity index (χ2v) is 7.34. The highest BCUT2D eigenvalue weighted by Gasteiger charge is 2.23. The van der Waals surface area contributed by atoms with Gasteiger partial charge < -0.3 is 10.3 Å². The summed E-state index contributed by atoms with van der Waals surface area (Å²) in [5.74, 6) is -0.261. The average molecular weight is 409 g/mol. The molecule has 8 heteroatoms. The lowest BCUT2D eigenvalue weighted by atomic mass is 10.0. The predicted molar refractivity (Wildman–Crippen MR) is 113 cm³/mol. The summed E-state index contributed by atoms with van der Waals surface area (Å²) in [6.07, 6.45) is 11.9. The summed E-state index contributed by atoms with van der Waals surface area (Å²) < 4.78 is 3.88. The van der Waals surface area contributed by atoms with Gasteiger partial charge in [0, 0.05) is 30.7 Å². The number of aromatic nitrogens is 4. The van der Waals surface area contributed by atoms with Crippen molar-refractivity contribution in [2.75, 3.05) is 0 Å². The van der Waals surface area contributed by atoms with Crippen LogP contribution in [0.3, 0.4) is 0 Å². The number of aryl methyl sites for hydroxylation is 2. The van der Waals surface area contributed by atoms with Crippen LogP contribution in [0.15, 0.2) is 70.5 Å². The molecule has 0 unspecified atom stereocenters. The average Bonchev–Trinajstić information content (AvgIpc) is 3.36. The lowest BCUT2D eigenvalue weighted by Crippen LogP contribution is -2.20. The van der Waals surface area contributed by atoms with Crippen molar-refractivity contribution in [2.45, 2.75) is 32.7 Å². The van der Waals surface area contributed by atoms with E-state index in [9.17, 15) is 4.79 Å². The molecule has 2 N–H and O–H groups in total. The van der Waals surface area contributed by atoms with Crippen molar-refractivity contribution in [2.24, 2.45) is 10.7 Å². The summed E-state index contributed by atoms with van der Waals surface area (Å²) >= 11 is 6.11. The number of unbranched alkanes of at least 4 members (excludes halogenated alkanes) is 1. The zero-order valence-corrected chi connectivity index (χ0v) is 16.8. The van der Waals surface area contributed by atoms with E-state index in [1.165, 1.54) is 0 Å². The zero-order chi connectivity index (χ0) is 20.4. The minimum absolute atomic E-state index is 0.0158. The smallest absolute Gasteiger partial charge is 0.202 e. The number of aliphatic imine (C=N–C) groups is 1. The SMILES string of the molecule is CC1=CC(=Nc2c(CCCCn3ccnc3)nn3ccccc23)C(N)=C(Cl)C1=O. The Morgan fingerprint density at radius 3 is 2.90 bits per heavy atom. The molecule has 0 aromatic carbocycles. The Hall–Kier alpha value is -3.19. The van der Waals surface area contributed by atoms with Gasteiger partial charge in [-0.1, -0.05) is 17.7 Å². The standard InChI is InChI=1S/C21H21ClN6O/c1-14-12-16(19(23)18(22)21(14)29)25-20-15(26-28-10-5-3-7-17(20)28)6-2-4-9-27-11-8-24-13-27/h3,5,7-8,10-13H,2,4,6,9,23H2,1H3. The quantitative estimate of drug-likeness (QED) is 0.498. The first-order valence-corrected chi connectivity index (χ1v) is 9.81. The van der Waals surface area contributed by atoms with E-state index in [1.54, 1.807) is 19.2 Å². The summed E-state index contributed by atoms with van der Waals surface area (Å²) in [5.41, 5.74) is 9.82. The van der Waals surface area contributed by atoms with Crippen LogP contribution in [0.1, 0.15) is 25.5 Å². The van der Waals surface area contributed by atoms with Crippen LogP contribution in [0.2, 0.25) is 0 Å². The second kappa shape index (κ2) is 8.05. The third-order valence-corrected chi connectivity index (χ3v) is 5.25. The van der Waals surface area contributed by atoms with Crippen molar-refractivity contribution >= 4 is 34.3 Å². The molecule has 1 aliphatic rings. The van der Waals surface area contributed by atoms with Crippen LogP contribution in [0.4, 0.5) is 5.69 Å². The molecule has 4 rings (SSSR count). The number of carbonyl (C=O) groups is 1. The molecule has 0 saturated heterocycles. The molecule has 0 fully saturated rings. The third kappa shape index (κ3) is 3.86. The molecule has 148 valence electrons. The van der Waals surface area contributed by atoms with Crippen molar-refractivity contribution in [1.82, 2.24) is 19.2 Å². The number of hydrogen-bond donors (Lipinski definition) is 1. The molecular weight excluding hydrogens is 388 g/mol. The van der Waals surface area contributed by atoms with Gasteiger partial charge in [-0.3, -0.25) is 4.79 Å². The highest BCUT2D eigenvalue weighted by Crippen LogP contribution is 2.29. The van der Waals surface area contributed by atoms with Crippen LogP contribution in [0.5, 0.6) is 0 Å². The van der Waals surface area contributed by atoms with Crippen LogP contribution in [0.25, 0.3) is 5.52 Å². The van der Waals surface area contributed by atoms with E-state index in [0.29, 0.717) is 11.3 Å². The topological polar surface area (TPSA) is 90.6 Å². The number of nitrogens with zero attached hydrogens (tertiary/aromatic N) is 5. The number of allylic oxidation sites excluding steroid dienone is 3. The number of pyridine rings is 1. The number of imidazole rings is 1. The van der Waals surface area contributed by atoms with Crippen LogP contribution in [0, 0.1) is 0 Å². The third-order valence-electron chi connectivity index (χ3n) is 4.88. The van der Waals surface area contributed by atoms with Gasteiger partial charge in [-0.25, -0.2) is 14.5 Å². The Kier molecular flexibility index (Phi) is 5.31. The number of fused-ring (bicyclic) bond motifs is 1. The normalized spacial score (nSPS) is 16.1. The zero-order valence-electron chi connectivity index (χ0n) is 16.0. The molecular formula is C21H21ClN6O. The van der Waals surface area contributed by atoms with Crippen LogP contribution < -0.4 is 5.73 Å². The van der Waals surface area contributed by atoms with Crippen LogP contribution >= 0.6 is 11.6 Å². The summed E-state index contributed by atoms with van der Waals surface area (Å²) in [6, 6.07) is 5.84. The van der Waals surface area contributed by atoms with Gasteiger partial charge in [0.25, 0.3) is 0 Å². The molecule has 1 aliphatic carbocycles. The monoisotopic (exact) mass is 408 g/mol. The van der Waals surface area contributed by atoms with Crippen molar-refractivity contribution in [3.8, 4) is 0 Å². The first-order valence-electron chi connectivity index (χ1n) is 9.44. The molecule has 0 aliphatic heterocycles. The summed E-state index contributed by atoms with van der Waals surface area (Å²) in [5, 5.41) is 4.72. The van der Waals surface area contributed by atoms with E-state index in [-0.39, 0.29) is 16.5 Å². The number of Topliss-reactive ketones (excluding diaryl/α,β-unsaturated/α-hetero) is 1. The maximum Gasteiger partial charge on any atom is 0.202 e. The van der Waals surface area contributed by atoms with Gasteiger partial charge in [-0.15, -0.1) is 0 Å². The fraction of sp³-hybridized carbons (Fsp3) is 0.238. The molecule has 7 nitrogen and oxygen atoms in total. The van der Waals surface area contributed by atoms with Gasteiger partial charge in [0.2, 0.25) is 5.78 Å². The molecule has 0 spiro atoms. The Morgan fingerprint density at radius 1 is 1.24 bits per heavy atom. The number of ketones is 1. The molecule has 3 aromatic heterocycles. The number of halogens is 1. The molecule has 0 atom stereocenters. The van der Waals surface area contributed by atoms with E-state index in [4.69, 9.17) is 27.4 Å². The molecule has 3 aromatic rings. The van der Waals surface area contributed by atoms with Crippen molar-refractivity contribution in [1.29, 1.82) is 0 Å². The van der Waals surface area contributed by atoms with Crippen LogP contribution in [-0.4, -0.2) is 30.7 Å². The van der Waals surface area contributed by atoms with E-state index >= 15 is 0 Å². The van der Waals surface area contributed by atoms with Gasteiger partial charge in [-0.2, -0.15) is 5.10 Å². The number of carbonyl (C=O) groups excluding carboxylic acids is 1. The molecule has 0 saturated carbocycles. The fourth-order valence-corrected chi connectivity index (χ4v) is 3.55. The van der Waals surface area contributed by atoms with Gasteiger partial charge in [-0.05, 0) is 44.4 Å². The van der Waals surface area contributed by atoms with Gasteiger partial charge >= 0.3 is 0 Å². The molecule has 29 heavy (non-hydrogen) atoms. The highest BCUT2D eigenvalue weighted by atomic mass is 35.5. The van der Waals surface area contributed by atoms with E-state index < -0.39 is 0 Å². The molecule has 3 heterocycles. The number of nitrogens with two attached hydrogens (primary N) is 1. The molecule has 0 bridgehead atoms. The maximum absolute atomic E-state index is 12.0. The summed E-state index contributed by atoms with van der Waals surface area (Å²) in [7, 11) is 0. The van der Waals surface area contributed by atoms with Crippen molar-refractivity contribution < 1.29 is 4.79 Å². The Morgan fingerprint density at radius 2 is 2.10 bits per heavy atom. The Balaban J connectivity index is 1.64. The minimum Gasteiger partial charge on any atom is -0.396 e. The summed E-state index contributed by atoms with van der Waals surface area (Å²) in [4.78, 5) is 20.9. The van der Waals surface area contributed by atoms with Crippen LogP contribution in [-0.2, 0) is 17.8 Å². The van der Waals surface area contributed by atoms with Gasteiger partial charge in [0.1, 0.15) is 10.7 Å². The van der Waals surface area contributed by atoms with Gasteiger partial charge in [0.15, 0.2) is 0 Å². The Labute approximate surface area is 173 Å². The number of hydrogen-bond acceptors (Lipinski definition) is 5. The molecule has 0 amide bonds. The number of rotatable bonds is 6. The van der Waals surface area contributed by atoms with E-state index in [1.807, 2.05) is 41.4 Å². The first-order chi connectivity index (χ1) is 14.0. The van der Waals surface area contributed by atoms with E-state index in [0.717, 1.165) is 42.7 Å². The lowest BCUT2D eigenvalue weighted by molar-refractivity contribution is -0.111. The fourth-order valence-electron chi connectivity index (χ4n) is 3.30. The minimum atomic E-state index is -0.261. The first kappa shape index (κ1) is 19.1. The van der Waals surface area contributed by atoms with Crippen molar-refractivity contribution in [3.63, 3.8) is 0 Å². The van der Waals surface area contributed by atoms with Gasteiger partial charge in [0.05, 0.1) is 28.9 Å². The lowest BCUT2D eigenvalue weighted by Gasteiger charge is -2.12. The van der Waals surface area contributed by atoms with E-state index in [2.05, 4.69) is 9.55 Å². The highest BCUT2D eigenvalue weighted by molar-refractivity contribution is 6.49. The van der Waals surface area contributed by atoms with Crippen molar-refractivity contribution in [3.05, 3.63) is 71.2 Å². The second-order valence-electron chi connectivity index (χ2n) is 6.96. The largest absolute Gasteiger partial charge is 0.396 e. The maximum atomic E-state index is 12.0.